The monoisotopic (exact) mass is 317 g/mol. The van der Waals surface area contributed by atoms with Crippen LogP contribution in [-0.2, 0) is 6.42 Å². The maximum absolute atomic E-state index is 10.1. The van der Waals surface area contributed by atoms with Gasteiger partial charge < -0.3 is 10.4 Å². The molecule has 0 heterocycles. The number of phenols is 1. The van der Waals surface area contributed by atoms with E-state index >= 15 is 0 Å². The number of aromatic hydroxyl groups is 1. The molecule has 5 heteroatoms. The Morgan fingerprint density at radius 3 is 2.86 bits per heavy atom. The van der Waals surface area contributed by atoms with Crippen LogP contribution in [-0.4, -0.2) is 22.5 Å². The Morgan fingerprint density at radius 2 is 2.14 bits per heavy atom. The first-order chi connectivity index (χ1) is 10.7. The van der Waals surface area contributed by atoms with E-state index in [1.807, 2.05) is 18.2 Å². The second kappa shape index (κ2) is 8.54. The summed E-state index contributed by atoms with van der Waals surface area (Å²) in [6.45, 7) is 3.69. The minimum atomic E-state index is 0.235. The van der Waals surface area contributed by atoms with Crippen molar-refractivity contribution < 1.29 is 5.11 Å². The SMILES string of the molecule is C=CCc1cccc(/C=N/NC(=S)NC2CCCCC2)c1O. The van der Waals surface area contributed by atoms with E-state index in [4.69, 9.17) is 12.2 Å². The summed E-state index contributed by atoms with van der Waals surface area (Å²) in [6.07, 6.45) is 10.1. The molecule has 0 radical (unpaired) electrons. The molecule has 0 aromatic heterocycles. The van der Waals surface area contributed by atoms with Crippen molar-refractivity contribution in [3.05, 3.63) is 42.0 Å². The van der Waals surface area contributed by atoms with Gasteiger partial charge >= 0.3 is 0 Å². The van der Waals surface area contributed by atoms with Crippen LogP contribution in [0.5, 0.6) is 5.75 Å². The van der Waals surface area contributed by atoms with Crippen molar-refractivity contribution in [2.24, 2.45) is 5.10 Å². The second-order valence-corrected chi connectivity index (χ2v) is 5.93. The quantitative estimate of drug-likeness (QED) is 0.338. The molecule has 1 aliphatic carbocycles. The molecule has 1 aromatic carbocycles. The highest BCUT2D eigenvalue weighted by atomic mass is 32.1. The topological polar surface area (TPSA) is 56.7 Å². The van der Waals surface area contributed by atoms with E-state index < -0.39 is 0 Å². The number of para-hydroxylation sites is 1. The van der Waals surface area contributed by atoms with E-state index in [2.05, 4.69) is 22.4 Å². The molecule has 0 aliphatic heterocycles. The molecule has 22 heavy (non-hydrogen) atoms. The van der Waals surface area contributed by atoms with E-state index in [-0.39, 0.29) is 5.75 Å². The van der Waals surface area contributed by atoms with Crippen LogP contribution in [0.25, 0.3) is 0 Å². The highest BCUT2D eigenvalue weighted by Crippen LogP contribution is 2.21. The summed E-state index contributed by atoms with van der Waals surface area (Å²) in [7, 11) is 0. The Hall–Kier alpha value is -1.88. The van der Waals surface area contributed by atoms with E-state index in [0.29, 0.717) is 23.1 Å². The lowest BCUT2D eigenvalue weighted by atomic mass is 9.96. The lowest BCUT2D eigenvalue weighted by molar-refractivity contribution is 0.412. The van der Waals surface area contributed by atoms with Crippen LogP contribution >= 0.6 is 12.2 Å². The lowest BCUT2D eigenvalue weighted by Gasteiger charge is -2.23. The van der Waals surface area contributed by atoms with Gasteiger partial charge in [0, 0.05) is 11.6 Å². The average molecular weight is 317 g/mol. The van der Waals surface area contributed by atoms with Gasteiger partial charge in [-0.25, -0.2) is 0 Å². The van der Waals surface area contributed by atoms with Crippen molar-refractivity contribution in [2.75, 3.05) is 0 Å². The van der Waals surface area contributed by atoms with Crippen LogP contribution in [0.3, 0.4) is 0 Å². The summed E-state index contributed by atoms with van der Waals surface area (Å²) in [6, 6.07) is 6.02. The van der Waals surface area contributed by atoms with Crippen LogP contribution in [0.15, 0.2) is 36.0 Å². The van der Waals surface area contributed by atoms with Crippen molar-refractivity contribution in [2.45, 2.75) is 44.6 Å². The third-order valence-electron chi connectivity index (χ3n) is 3.83. The Bertz CT molecular complexity index is 551. The number of thiocarbonyl (C=S) groups is 1. The first kappa shape index (κ1) is 16.5. The summed E-state index contributed by atoms with van der Waals surface area (Å²) in [5.74, 6) is 0.235. The van der Waals surface area contributed by atoms with Gasteiger partial charge in [-0.3, -0.25) is 5.43 Å². The molecule has 3 N–H and O–H groups in total. The van der Waals surface area contributed by atoms with Gasteiger partial charge in [-0.15, -0.1) is 6.58 Å². The molecule has 1 fully saturated rings. The summed E-state index contributed by atoms with van der Waals surface area (Å²) in [5, 5.41) is 18.1. The first-order valence-corrected chi connectivity index (χ1v) is 8.13. The van der Waals surface area contributed by atoms with Gasteiger partial charge in [-0.1, -0.05) is 37.5 Å². The largest absolute Gasteiger partial charge is 0.507 e. The maximum Gasteiger partial charge on any atom is 0.187 e. The highest BCUT2D eigenvalue weighted by Gasteiger charge is 2.13. The number of hydrogen-bond donors (Lipinski definition) is 3. The molecule has 2 rings (SSSR count). The minimum Gasteiger partial charge on any atom is -0.507 e. The summed E-state index contributed by atoms with van der Waals surface area (Å²) < 4.78 is 0. The fraction of sp³-hybridized carbons (Fsp3) is 0.412. The molecule has 1 aromatic rings. The molecule has 0 atom stereocenters. The van der Waals surface area contributed by atoms with Gasteiger partial charge in [0.25, 0.3) is 0 Å². The van der Waals surface area contributed by atoms with Crippen molar-refractivity contribution >= 4 is 23.5 Å². The zero-order valence-corrected chi connectivity index (χ0v) is 13.5. The van der Waals surface area contributed by atoms with Gasteiger partial charge in [0.2, 0.25) is 0 Å². The number of benzene rings is 1. The zero-order chi connectivity index (χ0) is 15.8. The summed E-state index contributed by atoms with van der Waals surface area (Å²) in [4.78, 5) is 0. The van der Waals surface area contributed by atoms with Crippen molar-refractivity contribution in [3.63, 3.8) is 0 Å². The summed E-state index contributed by atoms with van der Waals surface area (Å²) >= 11 is 5.24. The Morgan fingerprint density at radius 1 is 1.36 bits per heavy atom. The number of allylic oxidation sites excluding steroid dienone is 1. The van der Waals surface area contributed by atoms with Crippen molar-refractivity contribution in [3.8, 4) is 5.75 Å². The van der Waals surface area contributed by atoms with Gasteiger partial charge in [0.05, 0.1) is 6.21 Å². The van der Waals surface area contributed by atoms with Gasteiger partial charge in [-0.2, -0.15) is 5.10 Å². The fourth-order valence-electron chi connectivity index (χ4n) is 2.66. The normalized spacial score (nSPS) is 15.6. The molecule has 1 aliphatic rings. The smallest absolute Gasteiger partial charge is 0.187 e. The van der Waals surface area contributed by atoms with Crippen LogP contribution in [0.1, 0.15) is 43.2 Å². The van der Waals surface area contributed by atoms with Crippen LogP contribution in [0.2, 0.25) is 0 Å². The third kappa shape index (κ3) is 4.84. The standard InChI is InChI=1S/C17H23N3OS/c1-2-7-13-8-6-9-14(16(13)21)12-18-20-17(22)19-15-10-4-3-5-11-15/h2,6,8-9,12,15,21H,1,3-5,7,10-11H2,(H2,19,20,22)/b18-12+. The summed E-state index contributed by atoms with van der Waals surface area (Å²) in [5.41, 5.74) is 4.31. The lowest BCUT2D eigenvalue weighted by Crippen LogP contribution is -2.40. The number of phenolic OH excluding ortho intramolecular Hbond substituents is 1. The molecule has 4 nitrogen and oxygen atoms in total. The Labute approximate surface area is 137 Å². The molecule has 118 valence electrons. The van der Waals surface area contributed by atoms with E-state index in [1.54, 1.807) is 12.3 Å². The predicted octanol–water partition coefficient (Wildman–Crippen LogP) is 3.25. The van der Waals surface area contributed by atoms with Crippen LogP contribution < -0.4 is 10.7 Å². The van der Waals surface area contributed by atoms with Gasteiger partial charge in [-0.05, 0) is 43.1 Å². The van der Waals surface area contributed by atoms with E-state index in [1.165, 1.54) is 19.3 Å². The van der Waals surface area contributed by atoms with Gasteiger partial charge in [0.15, 0.2) is 5.11 Å². The highest BCUT2D eigenvalue weighted by molar-refractivity contribution is 7.80. The second-order valence-electron chi connectivity index (χ2n) is 5.53. The van der Waals surface area contributed by atoms with Crippen LogP contribution in [0, 0.1) is 0 Å². The molecule has 0 unspecified atom stereocenters. The van der Waals surface area contributed by atoms with Crippen LogP contribution in [0.4, 0.5) is 0 Å². The molecular formula is C17H23N3OS. The third-order valence-corrected chi connectivity index (χ3v) is 4.03. The predicted molar refractivity (Wildman–Crippen MR) is 95.3 cm³/mol. The molecule has 0 bridgehead atoms. The molecule has 0 amide bonds. The molecule has 0 saturated heterocycles. The van der Waals surface area contributed by atoms with E-state index in [9.17, 15) is 5.11 Å². The number of rotatable bonds is 5. The van der Waals surface area contributed by atoms with Crippen molar-refractivity contribution in [1.29, 1.82) is 0 Å². The number of hydrazone groups is 1. The Balaban J connectivity index is 1.87. The fourth-order valence-corrected chi connectivity index (χ4v) is 2.88. The van der Waals surface area contributed by atoms with E-state index in [0.717, 1.165) is 18.4 Å². The first-order valence-electron chi connectivity index (χ1n) is 7.72. The Kier molecular flexibility index (Phi) is 6.40. The molecule has 0 spiro atoms. The number of hydrogen-bond acceptors (Lipinski definition) is 3. The maximum atomic E-state index is 10.1. The minimum absolute atomic E-state index is 0.235. The zero-order valence-electron chi connectivity index (χ0n) is 12.7. The van der Waals surface area contributed by atoms with Crippen molar-refractivity contribution in [1.82, 2.24) is 10.7 Å². The molecular weight excluding hydrogens is 294 g/mol. The number of nitrogens with zero attached hydrogens (tertiary/aromatic N) is 1. The molecule has 1 saturated carbocycles. The van der Waals surface area contributed by atoms with Gasteiger partial charge in [0.1, 0.15) is 5.75 Å². The number of nitrogens with one attached hydrogen (secondary N) is 2. The average Bonchev–Trinajstić information content (AvgIpc) is 2.52.